The van der Waals surface area contributed by atoms with Gasteiger partial charge in [0, 0.05) is 9.75 Å². The minimum absolute atomic E-state index is 0.517. The SMILES string of the molecule is Cc1ccc(CNc2nnccc2C#N)s1. The van der Waals surface area contributed by atoms with Crippen molar-refractivity contribution in [3.05, 3.63) is 39.7 Å². The maximum Gasteiger partial charge on any atom is 0.166 e. The number of aryl methyl sites for hydroxylation is 1. The molecule has 0 spiro atoms. The van der Waals surface area contributed by atoms with E-state index >= 15 is 0 Å². The zero-order valence-corrected chi connectivity index (χ0v) is 9.58. The van der Waals surface area contributed by atoms with E-state index < -0.39 is 0 Å². The number of hydrogen-bond donors (Lipinski definition) is 1. The van der Waals surface area contributed by atoms with Gasteiger partial charge in [0.05, 0.1) is 18.3 Å². The van der Waals surface area contributed by atoms with Crippen LogP contribution in [-0.4, -0.2) is 10.2 Å². The fraction of sp³-hybridized carbons (Fsp3) is 0.182. The van der Waals surface area contributed by atoms with Gasteiger partial charge in [-0.1, -0.05) is 0 Å². The van der Waals surface area contributed by atoms with E-state index in [0.29, 0.717) is 17.9 Å². The summed E-state index contributed by atoms with van der Waals surface area (Å²) in [5, 5.41) is 19.6. The number of thiophene rings is 1. The minimum Gasteiger partial charge on any atom is -0.363 e. The molecular formula is C11H10N4S. The third-order valence-corrected chi connectivity index (χ3v) is 3.07. The van der Waals surface area contributed by atoms with E-state index in [-0.39, 0.29) is 0 Å². The van der Waals surface area contributed by atoms with Crippen molar-refractivity contribution in [3.63, 3.8) is 0 Å². The molecule has 0 atom stereocenters. The molecule has 2 heterocycles. The molecule has 80 valence electrons. The highest BCUT2D eigenvalue weighted by atomic mass is 32.1. The number of rotatable bonds is 3. The second-order valence-corrected chi connectivity index (χ2v) is 4.64. The lowest BCUT2D eigenvalue weighted by atomic mass is 10.3. The summed E-state index contributed by atoms with van der Waals surface area (Å²) in [4.78, 5) is 2.49. The molecule has 0 aliphatic heterocycles. The van der Waals surface area contributed by atoms with Crippen LogP contribution in [0.25, 0.3) is 0 Å². The molecule has 5 heteroatoms. The van der Waals surface area contributed by atoms with Crippen LogP contribution in [0.5, 0.6) is 0 Å². The third-order valence-electron chi connectivity index (χ3n) is 2.07. The maximum absolute atomic E-state index is 8.86. The molecule has 0 bridgehead atoms. The predicted molar refractivity (Wildman–Crippen MR) is 63.1 cm³/mol. The smallest absolute Gasteiger partial charge is 0.166 e. The van der Waals surface area contributed by atoms with Crippen molar-refractivity contribution in [1.82, 2.24) is 10.2 Å². The Hall–Kier alpha value is -1.93. The van der Waals surface area contributed by atoms with Gasteiger partial charge in [-0.2, -0.15) is 10.4 Å². The standard InChI is InChI=1S/C11H10N4S/c1-8-2-3-10(16-8)7-13-11-9(6-12)4-5-14-15-11/h2-5H,7H2,1H3,(H,13,15). The molecule has 0 saturated carbocycles. The number of anilines is 1. The summed E-state index contributed by atoms with van der Waals surface area (Å²) < 4.78 is 0. The minimum atomic E-state index is 0.517. The van der Waals surface area contributed by atoms with Crippen molar-refractivity contribution in [3.8, 4) is 6.07 Å². The molecule has 0 unspecified atom stereocenters. The Bertz CT molecular complexity index is 527. The van der Waals surface area contributed by atoms with E-state index in [9.17, 15) is 0 Å². The molecule has 0 fully saturated rings. The van der Waals surface area contributed by atoms with Crippen molar-refractivity contribution in [1.29, 1.82) is 5.26 Å². The van der Waals surface area contributed by atoms with Crippen molar-refractivity contribution >= 4 is 17.2 Å². The quantitative estimate of drug-likeness (QED) is 0.879. The van der Waals surface area contributed by atoms with Gasteiger partial charge in [0.2, 0.25) is 0 Å². The van der Waals surface area contributed by atoms with Gasteiger partial charge in [-0.25, -0.2) is 0 Å². The van der Waals surface area contributed by atoms with Gasteiger partial charge >= 0.3 is 0 Å². The van der Waals surface area contributed by atoms with Crippen LogP contribution < -0.4 is 5.32 Å². The highest BCUT2D eigenvalue weighted by Crippen LogP contribution is 2.17. The molecule has 2 aromatic heterocycles. The van der Waals surface area contributed by atoms with Crippen LogP contribution in [0.15, 0.2) is 24.4 Å². The first-order chi connectivity index (χ1) is 7.79. The first-order valence-electron chi connectivity index (χ1n) is 4.80. The summed E-state index contributed by atoms with van der Waals surface area (Å²) in [5.74, 6) is 0.538. The van der Waals surface area contributed by atoms with E-state index in [1.807, 2.05) is 0 Å². The summed E-state index contributed by atoms with van der Waals surface area (Å²) in [6.45, 7) is 2.74. The van der Waals surface area contributed by atoms with Crippen LogP contribution >= 0.6 is 11.3 Å². The lowest BCUT2D eigenvalue weighted by Gasteiger charge is -2.03. The largest absolute Gasteiger partial charge is 0.363 e. The van der Waals surface area contributed by atoms with Gasteiger partial charge < -0.3 is 5.32 Å². The maximum atomic E-state index is 8.86. The predicted octanol–water partition coefficient (Wildman–Crippen LogP) is 2.33. The summed E-state index contributed by atoms with van der Waals surface area (Å²) in [5.41, 5.74) is 0.517. The molecule has 2 rings (SSSR count). The van der Waals surface area contributed by atoms with Crippen molar-refractivity contribution in [2.24, 2.45) is 0 Å². The van der Waals surface area contributed by atoms with Gasteiger partial charge in [0.15, 0.2) is 5.82 Å². The molecule has 0 radical (unpaired) electrons. The molecule has 0 aliphatic carbocycles. The number of nitrogens with zero attached hydrogens (tertiary/aromatic N) is 3. The molecule has 2 aromatic rings. The highest BCUT2D eigenvalue weighted by Gasteiger charge is 2.03. The van der Waals surface area contributed by atoms with E-state index in [1.54, 1.807) is 17.4 Å². The van der Waals surface area contributed by atoms with Crippen molar-refractivity contribution < 1.29 is 0 Å². The zero-order chi connectivity index (χ0) is 11.4. The van der Waals surface area contributed by atoms with Crippen molar-refractivity contribution in [2.45, 2.75) is 13.5 Å². The van der Waals surface area contributed by atoms with Crippen LogP contribution in [0, 0.1) is 18.3 Å². The van der Waals surface area contributed by atoms with E-state index in [0.717, 1.165) is 0 Å². The normalized spacial score (nSPS) is 9.75. The van der Waals surface area contributed by atoms with Crippen LogP contribution in [0.4, 0.5) is 5.82 Å². The molecule has 0 aliphatic rings. The topological polar surface area (TPSA) is 61.6 Å². The summed E-state index contributed by atoms with van der Waals surface area (Å²) in [6.07, 6.45) is 1.51. The van der Waals surface area contributed by atoms with Gasteiger partial charge in [-0.15, -0.1) is 16.4 Å². The third kappa shape index (κ3) is 2.35. The molecule has 0 saturated heterocycles. The van der Waals surface area contributed by atoms with E-state index in [4.69, 9.17) is 5.26 Å². The molecular weight excluding hydrogens is 220 g/mol. The lowest BCUT2D eigenvalue weighted by Crippen LogP contribution is -2.02. The Labute approximate surface area is 97.6 Å². The van der Waals surface area contributed by atoms with Crippen LogP contribution in [0.1, 0.15) is 15.3 Å². The number of nitrogens with one attached hydrogen (secondary N) is 1. The Morgan fingerprint density at radius 3 is 3.00 bits per heavy atom. The molecule has 1 N–H and O–H groups in total. The van der Waals surface area contributed by atoms with E-state index in [1.165, 1.54) is 16.0 Å². The lowest BCUT2D eigenvalue weighted by molar-refractivity contribution is 1.000. The van der Waals surface area contributed by atoms with Gasteiger partial charge in [-0.05, 0) is 25.1 Å². The second-order valence-electron chi connectivity index (χ2n) is 3.27. The summed E-state index contributed by atoms with van der Waals surface area (Å²) >= 11 is 1.73. The Morgan fingerprint density at radius 1 is 1.44 bits per heavy atom. The highest BCUT2D eigenvalue weighted by molar-refractivity contribution is 7.11. The van der Waals surface area contributed by atoms with Gasteiger partial charge in [-0.3, -0.25) is 0 Å². The molecule has 4 nitrogen and oxygen atoms in total. The van der Waals surface area contributed by atoms with Gasteiger partial charge in [0.1, 0.15) is 6.07 Å². The first kappa shape index (κ1) is 10.6. The summed E-state index contributed by atoms with van der Waals surface area (Å²) in [6, 6.07) is 7.86. The number of hydrogen-bond acceptors (Lipinski definition) is 5. The van der Waals surface area contributed by atoms with Crippen molar-refractivity contribution in [2.75, 3.05) is 5.32 Å². The van der Waals surface area contributed by atoms with Gasteiger partial charge in [0.25, 0.3) is 0 Å². The molecule has 16 heavy (non-hydrogen) atoms. The second kappa shape index (κ2) is 4.73. The average Bonchev–Trinajstić information content (AvgIpc) is 2.73. The van der Waals surface area contributed by atoms with Crippen LogP contribution in [0.3, 0.4) is 0 Å². The van der Waals surface area contributed by atoms with E-state index in [2.05, 4.69) is 40.6 Å². The molecule has 0 amide bonds. The Kier molecular flexibility index (Phi) is 3.13. The first-order valence-corrected chi connectivity index (χ1v) is 5.62. The Morgan fingerprint density at radius 2 is 2.31 bits per heavy atom. The van der Waals surface area contributed by atoms with Crippen LogP contribution in [-0.2, 0) is 6.54 Å². The zero-order valence-electron chi connectivity index (χ0n) is 8.77. The monoisotopic (exact) mass is 230 g/mol. The summed E-state index contributed by atoms with van der Waals surface area (Å²) in [7, 11) is 0. The number of aromatic nitrogens is 2. The average molecular weight is 230 g/mol. The fourth-order valence-corrected chi connectivity index (χ4v) is 2.13. The number of nitriles is 1. The molecule has 0 aromatic carbocycles. The Balaban J connectivity index is 2.08. The van der Waals surface area contributed by atoms with Crippen LogP contribution in [0.2, 0.25) is 0 Å². The fourth-order valence-electron chi connectivity index (χ4n) is 1.30.